The van der Waals surface area contributed by atoms with Gasteiger partial charge in [-0.1, -0.05) is 11.3 Å². The molecule has 1 aliphatic rings. The summed E-state index contributed by atoms with van der Waals surface area (Å²) < 4.78 is 12.6. The highest BCUT2D eigenvalue weighted by molar-refractivity contribution is 7.17. The van der Waals surface area contributed by atoms with Crippen LogP contribution in [0.2, 0.25) is 0 Å². The number of carbonyl (C=O) groups excluding carboxylic acids is 2. The smallest absolute Gasteiger partial charge is 0.350 e. The lowest BCUT2D eigenvalue weighted by molar-refractivity contribution is -0.114. The molecule has 3 heterocycles. The first-order valence-electron chi connectivity index (χ1n) is 9.65. The fourth-order valence-electron chi connectivity index (χ4n) is 3.07. The molecule has 0 spiro atoms. The minimum atomic E-state index is -0.417. The number of hydrogen-bond donors (Lipinski definition) is 0. The Balaban J connectivity index is 1.86. The van der Waals surface area contributed by atoms with Gasteiger partial charge in [-0.2, -0.15) is 5.10 Å². The standard InChI is InChI=1S/C20H26N4O4S/c1-5-27-19(26)18-13(2)22-20(29-18)24(12-16-7-6-10-28-16)17(25)9-8-15-11-21-23(4)14(15)3/h8-9,11,16H,5-7,10,12H2,1-4H3/b9-8+. The molecule has 0 bridgehead atoms. The number of aromatic nitrogens is 3. The fraction of sp³-hybridized carbons (Fsp3) is 0.500. The van der Waals surface area contributed by atoms with E-state index >= 15 is 0 Å². The van der Waals surface area contributed by atoms with Gasteiger partial charge in [0.15, 0.2) is 5.13 Å². The molecule has 0 saturated carbocycles. The van der Waals surface area contributed by atoms with E-state index in [0.29, 0.717) is 28.9 Å². The number of carbonyl (C=O) groups is 2. The Morgan fingerprint density at radius 3 is 2.86 bits per heavy atom. The van der Waals surface area contributed by atoms with E-state index in [1.165, 1.54) is 17.4 Å². The second-order valence-electron chi connectivity index (χ2n) is 6.86. The number of nitrogens with zero attached hydrogens (tertiary/aromatic N) is 4. The number of anilines is 1. The molecule has 0 radical (unpaired) electrons. The maximum absolute atomic E-state index is 13.0. The average Bonchev–Trinajstić information content (AvgIpc) is 3.41. The summed E-state index contributed by atoms with van der Waals surface area (Å²) in [5, 5.41) is 4.66. The first kappa shape index (κ1) is 21.2. The first-order chi connectivity index (χ1) is 13.9. The maximum Gasteiger partial charge on any atom is 0.350 e. The lowest BCUT2D eigenvalue weighted by atomic mass is 10.2. The summed E-state index contributed by atoms with van der Waals surface area (Å²) in [4.78, 5) is 31.7. The molecule has 1 atom stereocenters. The van der Waals surface area contributed by atoms with Gasteiger partial charge in [0.25, 0.3) is 5.91 Å². The normalized spacial score (nSPS) is 16.5. The number of thiazole rings is 1. The van der Waals surface area contributed by atoms with Gasteiger partial charge in [0, 0.05) is 31.0 Å². The first-order valence-corrected chi connectivity index (χ1v) is 10.5. The van der Waals surface area contributed by atoms with Crippen molar-refractivity contribution in [3.8, 4) is 0 Å². The highest BCUT2D eigenvalue weighted by Crippen LogP contribution is 2.28. The maximum atomic E-state index is 13.0. The molecule has 2 aromatic rings. The summed E-state index contributed by atoms with van der Waals surface area (Å²) in [7, 11) is 1.85. The van der Waals surface area contributed by atoms with Crippen molar-refractivity contribution in [1.82, 2.24) is 14.8 Å². The summed E-state index contributed by atoms with van der Waals surface area (Å²) in [6.07, 6.45) is 6.81. The van der Waals surface area contributed by atoms with Crippen molar-refractivity contribution >= 4 is 34.4 Å². The van der Waals surface area contributed by atoms with Crippen molar-refractivity contribution in [3.05, 3.63) is 34.1 Å². The molecule has 0 aromatic carbocycles. The van der Waals surface area contributed by atoms with Crippen LogP contribution < -0.4 is 4.90 Å². The van der Waals surface area contributed by atoms with Crippen LogP contribution in [0.15, 0.2) is 12.3 Å². The molecule has 1 aliphatic heterocycles. The third kappa shape index (κ3) is 4.91. The van der Waals surface area contributed by atoms with E-state index < -0.39 is 5.97 Å². The Labute approximate surface area is 174 Å². The predicted molar refractivity (Wildman–Crippen MR) is 111 cm³/mol. The number of ether oxygens (including phenoxy) is 2. The van der Waals surface area contributed by atoms with Crippen LogP contribution in [0.1, 0.15) is 46.4 Å². The largest absolute Gasteiger partial charge is 0.462 e. The zero-order chi connectivity index (χ0) is 21.0. The molecule has 0 aliphatic carbocycles. The van der Waals surface area contributed by atoms with Crippen LogP contribution >= 0.6 is 11.3 Å². The summed E-state index contributed by atoms with van der Waals surface area (Å²) in [6.45, 7) is 6.82. The van der Waals surface area contributed by atoms with E-state index in [1.54, 1.807) is 35.7 Å². The van der Waals surface area contributed by atoms with Crippen LogP contribution in [-0.4, -0.2) is 52.5 Å². The lowest BCUT2D eigenvalue weighted by Crippen LogP contribution is -2.36. The van der Waals surface area contributed by atoms with Crippen LogP contribution in [0.3, 0.4) is 0 Å². The fourth-order valence-corrected chi connectivity index (χ4v) is 4.04. The Morgan fingerprint density at radius 1 is 1.45 bits per heavy atom. The quantitative estimate of drug-likeness (QED) is 0.508. The summed E-state index contributed by atoms with van der Waals surface area (Å²) in [5.74, 6) is -0.632. The van der Waals surface area contributed by atoms with Gasteiger partial charge >= 0.3 is 5.97 Å². The van der Waals surface area contributed by atoms with Crippen molar-refractivity contribution in [2.75, 3.05) is 24.7 Å². The lowest BCUT2D eigenvalue weighted by Gasteiger charge is -2.21. The third-order valence-electron chi connectivity index (χ3n) is 4.83. The topological polar surface area (TPSA) is 86.5 Å². The van der Waals surface area contributed by atoms with Crippen molar-refractivity contribution in [3.63, 3.8) is 0 Å². The molecular weight excluding hydrogens is 392 g/mol. The third-order valence-corrected chi connectivity index (χ3v) is 5.99. The van der Waals surface area contributed by atoms with E-state index in [-0.39, 0.29) is 18.6 Å². The van der Waals surface area contributed by atoms with Gasteiger partial charge in [0.05, 0.1) is 31.1 Å². The van der Waals surface area contributed by atoms with Crippen molar-refractivity contribution < 1.29 is 19.1 Å². The minimum Gasteiger partial charge on any atom is -0.462 e. The summed E-state index contributed by atoms with van der Waals surface area (Å²) >= 11 is 1.17. The SMILES string of the molecule is CCOC(=O)c1sc(N(CC2CCCO2)C(=O)/C=C/c2cnn(C)c2C)nc1C. The highest BCUT2D eigenvalue weighted by Gasteiger charge is 2.27. The number of hydrogen-bond acceptors (Lipinski definition) is 7. The molecule has 1 unspecified atom stereocenters. The van der Waals surface area contributed by atoms with Crippen LogP contribution in [0, 0.1) is 13.8 Å². The van der Waals surface area contributed by atoms with E-state index in [9.17, 15) is 9.59 Å². The molecule has 3 rings (SSSR count). The predicted octanol–water partition coefficient (Wildman–Crippen LogP) is 2.90. The zero-order valence-electron chi connectivity index (χ0n) is 17.2. The van der Waals surface area contributed by atoms with E-state index in [0.717, 1.165) is 24.1 Å². The van der Waals surface area contributed by atoms with Gasteiger partial charge < -0.3 is 9.47 Å². The number of rotatable bonds is 7. The average molecular weight is 419 g/mol. The Morgan fingerprint density at radius 2 is 2.24 bits per heavy atom. The molecule has 156 valence electrons. The van der Waals surface area contributed by atoms with Crippen LogP contribution in [0.5, 0.6) is 0 Å². The number of aryl methyl sites for hydroxylation is 2. The number of amides is 1. The monoisotopic (exact) mass is 418 g/mol. The molecule has 1 saturated heterocycles. The Kier molecular flexibility index (Phi) is 6.81. The Hall–Kier alpha value is -2.52. The van der Waals surface area contributed by atoms with E-state index in [1.807, 2.05) is 14.0 Å². The molecule has 1 fully saturated rings. The number of esters is 1. The van der Waals surface area contributed by atoms with Crippen LogP contribution in [0.4, 0.5) is 5.13 Å². The van der Waals surface area contributed by atoms with Crippen molar-refractivity contribution in [1.29, 1.82) is 0 Å². The van der Waals surface area contributed by atoms with Crippen molar-refractivity contribution in [2.45, 2.75) is 39.7 Å². The van der Waals surface area contributed by atoms with E-state index in [4.69, 9.17) is 9.47 Å². The summed E-state index contributed by atoms with van der Waals surface area (Å²) in [6, 6.07) is 0. The zero-order valence-corrected chi connectivity index (χ0v) is 18.0. The summed E-state index contributed by atoms with van der Waals surface area (Å²) in [5.41, 5.74) is 2.40. The molecule has 29 heavy (non-hydrogen) atoms. The van der Waals surface area contributed by atoms with Crippen LogP contribution in [0.25, 0.3) is 6.08 Å². The molecule has 2 aromatic heterocycles. The molecular formula is C20H26N4O4S. The Bertz CT molecular complexity index is 912. The molecule has 1 amide bonds. The van der Waals surface area contributed by atoms with E-state index in [2.05, 4.69) is 10.1 Å². The van der Waals surface area contributed by atoms with Gasteiger partial charge in [-0.25, -0.2) is 9.78 Å². The van der Waals surface area contributed by atoms with Gasteiger partial charge in [-0.05, 0) is 39.7 Å². The molecule has 9 heteroatoms. The van der Waals surface area contributed by atoms with Gasteiger partial charge in [0.1, 0.15) is 4.88 Å². The molecule has 0 N–H and O–H groups in total. The highest BCUT2D eigenvalue weighted by atomic mass is 32.1. The minimum absolute atomic E-state index is 0.0391. The molecule has 8 nitrogen and oxygen atoms in total. The van der Waals surface area contributed by atoms with Gasteiger partial charge in [-0.3, -0.25) is 14.4 Å². The van der Waals surface area contributed by atoms with Crippen molar-refractivity contribution in [2.24, 2.45) is 7.05 Å². The van der Waals surface area contributed by atoms with Gasteiger partial charge in [-0.15, -0.1) is 0 Å². The second-order valence-corrected chi connectivity index (χ2v) is 7.84. The van der Waals surface area contributed by atoms with Gasteiger partial charge in [0.2, 0.25) is 0 Å². The second kappa shape index (κ2) is 9.32. The van der Waals surface area contributed by atoms with Crippen LogP contribution in [-0.2, 0) is 21.3 Å².